The molecule has 3 aromatic carbocycles. The van der Waals surface area contributed by atoms with Crippen molar-refractivity contribution in [1.29, 1.82) is 0 Å². The quantitative estimate of drug-likeness (QED) is 0.363. The van der Waals surface area contributed by atoms with Crippen LogP contribution in [0.2, 0.25) is 0 Å². The highest BCUT2D eigenvalue weighted by atomic mass is 16.5. The van der Waals surface area contributed by atoms with Crippen LogP contribution in [0.1, 0.15) is 29.3 Å². The number of carbonyl (C=O) groups excluding carboxylic acids is 2. The van der Waals surface area contributed by atoms with Gasteiger partial charge in [-0.05, 0) is 61.7 Å². The largest absolute Gasteiger partial charge is 0.508 e. The molecule has 1 unspecified atom stereocenters. The van der Waals surface area contributed by atoms with E-state index in [0.29, 0.717) is 11.4 Å². The van der Waals surface area contributed by atoms with Crippen LogP contribution in [0.5, 0.6) is 5.75 Å². The van der Waals surface area contributed by atoms with E-state index < -0.39 is 5.97 Å². The van der Waals surface area contributed by atoms with E-state index in [1.807, 2.05) is 37.3 Å². The molecule has 0 radical (unpaired) electrons. The number of esters is 1. The summed E-state index contributed by atoms with van der Waals surface area (Å²) in [7, 11) is 0. The van der Waals surface area contributed by atoms with Crippen LogP contribution < -0.4 is 5.32 Å². The first-order valence-corrected chi connectivity index (χ1v) is 10.3. The summed E-state index contributed by atoms with van der Waals surface area (Å²) in [6, 6.07) is 22.8. The van der Waals surface area contributed by atoms with Crippen LogP contribution in [0.3, 0.4) is 0 Å². The SMILES string of the molecule is CC(CCc1ccccc1)NC(=O)COC(=O)c1ccccc1N=Nc1ccc(O)cc1. The van der Waals surface area contributed by atoms with Crippen molar-refractivity contribution < 1.29 is 19.4 Å². The van der Waals surface area contributed by atoms with Gasteiger partial charge >= 0.3 is 5.97 Å². The smallest absolute Gasteiger partial charge is 0.340 e. The molecule has 164 valence electrons. The normalized spacial score (nSPS) is 11.8. The Labute approximate surface area is 186 Å². The third-order valence-electron chi connectivity index (χ3n) is 4.70. The molecule has 2 N–H and O–H groups in total. The van der Waals surface area contributed by atoms with Crippen molar-refractivity contribution in [3.05, 3.63) is 90.0 Å². The summed E-state index contributed by atoms with van der Waals surface area (Å²) in [6.07, 6.45) is 1.63. The Bertz CT molecular complexity index is 1070. The lowest BCUT2D eigenvalue weighted by atomic mass is 10.1. The summed E-state index contributed by atoms with van der Waals surface area (Å²) in [5.74, 6) is -0.889. The number of aromatic hydroxyl groups is 1. The molecule has 0 aliphatic heterocycles. The summed E-state index contributed by atoms with van der Waals surface area (Å²) in [5, 5.41) is 20.3. The van der Waals surface area contributed by atoms with Crippen molar-refractivity contribution in [3.63, 3.8) is 0 Å². The molecule has 0 aromatic heterocycles. The van der Waals surface area contributed by atoms with Gasteiger partial charge in [-0.3, -0.25) is 4.79 Å². The van der Waals surface area contributed by atoms with Crippen molar-refractivity contribution in [1.82, 2.24) is 5.32 Å². The molecule has 0 saturated heterocycles. The summed E-state index contributed by atoms with van der Waals surface area (Å²) in [6.45, 7) is 1.54. The molecule has 0 saturated carbocycles. The number of amides is 1. The molecular weight excluding hydrogens is 406 g/mol. The van der Waals surface area contributed by atoms with E-state index in [9.17, 15) is 14.7 Å². The lowest BCUT2D eigenvalue weighted by Crippen LogP contribution is -2.36. The number of aryl methyl sites for hydroxylation is 1. The van der Waals surface area contributed by atoms with Crippen molar-refractivity contribution >= 4 is 23.3 Å². The van der Waals surface area contributed by atoms with Gasteiger partial charge in [0.15, 0.2) is 6.61 Å². The highest BCUT2D eigenvalue weighted by Gasteiger charge is 2.15. The van der Waals surface area contributed by atoms with Gasteiger partial charge in [-0.25, -0.2) is 4.79 Å². The van der Waals surface area contributed by atoms with Crippen LogP contribution in [0.15, 0.2) is 89.1 Å². The van der Waals surface area contributed by atoms with E-state index >= 15 is 0 Å². The number of nitrogens with one attached hydrogen (secondary N) is 1. The van der Waals surface area contributed by atoms with Gasteiger partial charge in [-0.1, -0.05) is 42.5 Å². The fourth-order valence-corrected chi connectivity index (χ4v) is 2.99. The van der Waals surface area contributed by atoms with Crippen LogP contribution >= 0.6 is 0 Å². The second kappa shape index (κ2) is 11.4. The Kier molecular flexibility index (Phi) is 8.09. The van der Waals surface area contributed by atoms with Crippen LogP contribution in [0, 0.1) is 0 Å². The predicted molar refractivity (Wildman–Crippen MR) is 121 cm³/mol. The minimum Gasteiger partial charge on any atom is -0.508 e. The molecule has 0 fully saturated rings. The number of benzene rings is 3. The van der Waals surface area contributed by atoms with Gasteiger partial charge in [0.1, 0.15) is 11.4 Å². The Morgan fingerprint density at radius 3 is 2.38 bits per heavy atom. The first-order chi connectivity index (χ1) is 15.5. The maximum Gasteiger partial charge on any atom is 0.340 e. The first kappa shape index (κ1) is 22.7. The van der Waals surface area contributed by atoms with E-state index in [1.54, 1.807) is 36.4 Å². The van der Waals surface area contributed by atoms with E-state index in [0.717, 1.165) is 12.8 Å². The standard InChI is InChI=1S/C25H25N3O4/c1-18(11-12-19-7-3-2-4-8-19)26-24(30)17-32-25(31)22-9-5-6-10-23(22)28-27-20-13-15-21(29)16-14-20/h2-10,13-16,18,29H,11-12,17H2,1H3,(H,26,30). The zero-order chi connectivity index (χ0) is 22.8. The highest BCUT2D eigenvalue weighted by molar-refractivity contribution is 5.96. The van der Waals surface area contributed by atoms with Crippen molar-refractivity contribution in [2.75, 3.05) is 6.61 Å². The maximum absolute atomic E-state index is 12.5. The summed E-state index contributed by atoms with van der Waals surface area (Å²) < 4.78 is 5.18. The van der Waals surface area contributed by atoms with Crippen molar-refractivity contribution in [2.45, 2.75) is 25.8 Å². The average molecular weight is 431 g/mol. The number of ether oxygens (including phenoxy) is 1. The number of azo groups is 1. The van der Waals surface area contributed by atoms with Crippen LogP contribution in [-0.2, 0) is 16.0 Å². The second-order valence-electron chi connectivity index (χ2n) is 7.30. The number of rotatable bonds is 9. The Hall–Kier alpha value is -4.00. The lowest BCUT2D eigenvalue weighted by molar-refractivity contribution is -0.124. The van der Waals surface area contributed by atoms with Crippen molar-refractivity contribution in [2.24, 2.45) is 10.2 Å². The molecule has 3 rings (SSSR count). The molecule has 32 heavy (non-hydrogen) atoms. The zero-order valence-electron chi connectivity index (χ0n) is 17.8. The maximum atomic E-state index is 12.5. The molecule has 0 aliphatic carbocycles. The third kappa shape index (κ3) is 7.05. The van der Waals surface area contributed by atoms with Gasteiger partial charge < -0.3 is 15.2 Å². The van der Waals surface area contributed by atoms with E-state index in [2.05, 4.69) is 15.5 Å². The molecule has 0 heterocycles. The molecule has 0 spiro atoms. The number of phenolic OH excluding ortho intramolecular Hbond substituents is 1. The number of nitrogens with zero attached hydrogens (tertiary/aromatic N) is 2. The van der Waals surface area contributed by atoms with Crippen LogP contribution in [-0.4, -0.2) is 29.6 Å². The fraction of sp³-hybridized carbons (Fsp3) is 0.200. The van der Waals surface area contributed by atoms with Gasteiger partial charge in [0.25, 0.3) is 5.91 Å². The summed E-state index contributed by atoms with van der Waals surface area (Å²) in [4.78, 5) is 24.7. The Morgan fingerprint density at radius 2 is 1.62 bits per heavy atom. The minimum atomic E-state index is -0.655. The topological polar surface area (TPSA) is 100 Å². The molecule has 0 aliphatic rings. The van der Waals surface area contributed by atoms with E-state index in [4.69, 9.17) is 4.74 Å². The molecule has 3 aromatic rings. The molecule has 1 atom stereocenters. The van der Waals surface area contributed by atoms with Crippen molar-refractivity contribution in [3.8, 4) is 5.75 Å². The molecule has 7 heteroatoms. The van der Waals surface area contributed by atoms with Gasteiger partial charge in [0.2, 0.25) is 0 Å². The number of hydrogen-bond acceptors (Lipinski definition) is 6. The molecule has 7 nitrogen and oxygen atoms in total. The number of carbonyl (C=O) groups is 2. The Balaban J connectivity index is 1.51. The number of phenols is 1. The molecular formula is C25H25N3O4. The Morgan fingerprint density at radius 1 is 0.938 bits per heavy atom. The minimum absolute atomic E-state index is 0.0483. The fourth-order valence-electron chi connectivity index (χ4n) is 2.99. The van der Waals surface area contributed by atoms with E-state index in [-0.39, 0.29) is 29.9 Å². The number of hydrogen-bond donors (Lipinski definition) is 2. The highest BCUT2D eigenvalue weighted by Crippen LogP contribution is 2.24. The first-order valence-electron chi connectivity index (χ1n) is 10.3. The van der Waals surface area contributed by atoms with Gasteiger partial charge in [-0.2, -0.15) is 5.11 Å². The van der Waals surface area contributed by atoms with E-state index in [1.165, 1.54) is 17.7 Å². The average Bonchev–Trinajstić information content (AvgIpc) is 2.82. The second-order valence-corrected chi connectivity index (χ2v) is 7.30. The summed E-state index contributed by atoms with van der Waals surface area (Å²) >= 11 is 0. The van der Waals surface area contributed by atoms with Gasteiger partial charge in [-0.15, -0.1) is 5.11 Å². The summed E-state index contributed by atoms with van der Waals surface area (Å²) in [5.41, 5.74) is 2.26. The zero-order valence-corrected chi connectivity index (χ0v) is 17.8. The molecule has 0 bridgehead atoms. The molecule has 1 amide bonds. The van der Waals surface area contributed by atoms with Gasteiger partial charge in [0.05, 0.1) is 11.3 Å². The van der Waals surface area contributed by atoms with Crippen LogP contribution in [0.4, 0.5) is 11.4 Å². The van der Waals surface area contributed by atoms with Gasteiger partial charge in [0, 0.05) is 6.04 Å². The third-order valence-corrected chi connectivity index (χ3v) is 4.70. The monoisotopic (exact) mass is 431 g/mol. The van der Waals surface area contributed by atoms with Crippen LogP contribution in [0.25, 0.3) is 0 Å². The predicted octanol–water partition coefficient (Wildman–Crippen LogP) is 5.10. The lowest BCUT2D eigenvalue weighted by Gasteiger charge is -2.14.